The molecule has 0 saturated heterocycles. The highest BCUT2D eigenvalue weighted by Gasteiger charge is 2.13. The predicted octanol–water partition coefficient (Wildman–Crippen LogP) is 4.31. The van der Waals surface area contributed by atoms with E-state index < -0.39 is 0 Å². The zero-order valence-corrected chi connectivity index (χ0v) is 15.9. The molecule has 6 heteroatoms. The van der Waals surface area contributed by atoms with E-state index in [0.717, 1.165) is 28.0 Å². The lowest BCUT2D eigenvalue weighted by atomic mass is 10.1. The van der Waals surface area contributed by atoms with Gasteiger partial charge in [-0.25, -0.2) is 0 Å². The number of aromatic nitrogens is 4. The minimum Gasteiger partial charge on any atom is -0.493 e. The van der Waals surface area contributed by atoms with Gasteiger partial charge in [-0.2, -0.15) is 0 Å². The Balaban J connectivity index is 1.64. The van der Waals surface area contributed by atoms with Crippen LogP contribution in [0.4, 0.5) is 0 Å². The Labute approximate surface area is 158 Å². The van der Waals surface area contributed by atoms with Gasteiger partial charge in [-0.15, -0.1) is 16.8 Å². The molecule has 0 bridgehead atoms. The molecule has 0 saturated carbocycles. The Hall–Kier alpha value is -2.60. The van der Waals surface area contributed by atoms with Crippen LogP contribution in [0.3, 0.4) is 0 Å². The first-order valence-electron chi connectivity index (χ1n) is 8.46. The van der Waals surface area contributed by atoms with Crippen LogP contribution >= 0.6 is 11.8 Å². The van der Waals surface area contributed by atoms with E-state index in [1.165, 1.54) is 11.1 Å². The summed E-state index contributed by atoms with van der Waals surface area (Å²) in [6, 6.07) is 10.1. The van der Waals surface area contributed by atoms with Crippen molar-refractivity contribution in [1.82, 2.24) is 19.7 Å². The first-order chi connectivity index (χ1) is 12.7. The largest absolute Gasteiger partial charge is 0.493 e. The smallest absolute Gasteiger partial charge is 0.191 e. The molecule has 2 aromatic heterocycles. The number of ether oxygens (including phenoxy) is 1. The standard InChI is InChI=1S/C20H22N4OS/c1-4-9-24-19(17-5-7-21-8-6-17)22-23-20(24)26-11-10-25-18-13-15(2)12-16(3)14-18/h4-8,12-14H,1,9-11H2,2-3H3. The lowest BCUT2D eigenvalue weighted by Crippen LogP contribution is -2.04. The van der Waals surface area contributed by atoms with Crippen LogP contribution in [0.15, 0.2) is 60.5 Å². The van der Waals surface area contributed by atoms with Crippen LogP contribution in [-0.4, -0.2) is 32.1 Å². The van der Waals surface area contributed by atoms with Crippen LogP contribution in [0.2, 0.25) is 0 Å². The van der Waals surface area contributed by atoms with Crippen LogP contribution in [0.25, 0.3) is 11.4 Å². The number of aryl methyl sites for hydroxylation is 2. The fourth-order valence-electron chi connectivity index (χ4n) is 2.71. The molecule has 26 heavy (non-hydrogen) atoms. The first-order valence-corrected chi connectivity index (χ1v) is 9.44. The molecule has 1 aromatic carbocycles. The molecule has 0 radical (unpaired) electrons. The summed E-state index contributed by atoms with van der Waals surface area (Å²) in [6.45, 7) is 9.26. The highest BCUT2D eigenvalue weighted by molar-refractivity contribution is 7.99. The van der Waals surface area contributed by atoms with Crippen molar-refractivity contribution >= 4 is 11.8 Å². The number of pyridine rings is 1. The summed E-state index contributed by atoms with van der Waals surface area (Å²) in [5.74, 6) is 2.52. The Morgan fingerprint density at radius 2 is 1.85 bits per heavy atom. The summed E-state index contributed by atoms with van der Waals surface area (Å²) in [6.07, 6.45) is 5.36. The van der Waals surface area contributed by atoms with Gasteiger partial charge in [0.15, 0.2) is 11.0 Å². The number of hydrogen-bond acceptors (Lipinski definition) is 5. The average Bonchev–Trinajstić information content (AvgIpc) is 3.02. The van der Waals surface area contributed by atoms with E-state index in [-0.39, 0.29) is 0 Å². The van der Waals surface area contributed by atoms with Gasteiger partial charge in [-0.05, 0) is 49.2 Å². The molecule has 0 N–H and O–H groups in total. The van der Waals surface area contributed by atoms with Gasteiger partial charge in [-0.3, -0.25) is 9.55 Å². The number of hydrogen-bond donors (Lipinski definition) is 0. The normalized spacial score (nSPS) is 10.7. The molecule has 0 aliphatic heterocycles. The number of benzene rings is 1. The van der Waals surface area contributed by atoms with Gasteiger partial charge >= 0.3 is 0 Å². The van der Waals surface area contributed by atoms with Gasteiger partial charge < -0.3 is 4.74 Å². The average molecular weight is 366 g/mol. The quantitative estimate of drug-likeness (QED) is 0.338. The molecule has 0 atom stereocenters. The van der Waals surface area contributed by atoms with Crippen LogP contribution in [-0.2, 0) is 6.54 Å². The second kappa shape index (κ2) is 8.67. The van der Waals surface area contributed by atoms with Crippen LogP contribution < -0.4 is 4.74 Å². The van der Waals surface area contributed by atoms with Crippen LogP contribution in [0.5, 0.6) is 5.75 Å². The molecule has 3 rings (SSSR count). The second-order valence-corrected chi connectivity index (χ2v) is 7.02. The predicted molar refractivity (Wildman–Crippen MR) is 106 cm³/mol. The lowest BCUT2D eigenvalue weighted by Gasteiger charge is -2.09. The van der Waals surface area contributed by atoms with Crippen molar-refractivity contribution in [3.63, 3.8) is 0 Å². The summed E-state index contributed by atoms with van der Waals surface area (Å²) in [5, 5.41) is 9.54. The molecule has 0 amide bonds. The van der Waals surface area contributed by atoms with E-state index in [1.807, 2.05) is 18.2 Å². The Bertz CT molecular complexity index is 857. The summed E-state index contributed by atoms with van der Waals surface area (Å²) in [7, 11) is 0. The molecular formula is C20H22N4OS. The van der Waals surface area contributed by atoms with E-state index in [0.29, 0.717) is 13.2 Å². The zero-order chi connectivity index (χ0) is 18.4. The number of thioether (sulfide) groups is 1. The summed E-state index contributed by atoms with van der Waals surface area (Å²) in [4.78, 5) is 4.06. The minimum absolute atomic E-state index is 0.610. The van der Waals surface area contributed by atoms with Crippen molar-refractivity contribution in [1.29, 1.82) is 0 Å². The molecular weight excluding hydrogens is 344 g/mol. The molecule has 2 heterocycles. The third-order valence-electron chi connectivity index (χ3n) is 3.75. The molecule has 134 valence electrons. The third kappa shape index (κ3) is 4.52. The van der Waals surface area contributed by atoms with E-state index in [9.17, 15) is 0 Å². The Morgan fingerprint density at radius 1 is 1.12 bits per heavy atom. The fourth-order valence-corrected chi connectivity index (χ4v) is 3.48. The third-order valence-corrected chi connectivity index (χ3v) is 4.68. The van der Waals surface area contributed by atoms with E-state index in [2.05, 4.69) is 58.4 Å². The number of allylic oxidation sites excluding steroid dienone is 1. The molecule has 0 spiro atoms. The van der Waals surface area contributed by atoms with Gasteiger partial charge in [0.1, 0.15) is 5.75 Å². The molecule has 0 unspecified atom stereocenters. The number of nitrogens with zero attached hydrogens (tertiary/aromatic N) is 4. The summed E-state index contributed by atoms with van der Waals surface area (Å²) < 4.78 is 7.93. The molecule has 0 aliphatic rings. The first kappa shape index (κ1) is 18.2. The molecule has 0 aliphatic carbocycles. The number of rotatable bonds is 8. The van der Waals surface area contributed by atoms with Crippen LogP contribution in [0.1, 0.15) is 11.1 Å². The molecule has 5 nitrogen and oxygen atoms in total. The van der Waals surface area contributed by atoms with Crippen molar-refractivity contribution in [3.05, 3.63) is 66.5 Å². The van der Waals surface area contributed by atoms with Gasteiger partial charge in [-0.1, -0.05) is 23.9 Å². The van der Waals surface area contributed by atoms with Crippen molar-refractivity contribution in [3.8, 4) is 17.1 Å². The van der Waals surface area contributed by atoms with Gasteiger partial charge in [0, 0.05) is 30.3 Å². The SMILES string of the molecule is C=CCn1c(SCCOc2cc(C)cc(C)c2)nnc1-c1ccncc1. The summed E-state index contributed by atoms with van der Waals surface area (Å²) in [5.41, 5.74) is 3.41. The van der Waals surface area contributed by atoms with Crippen molar-refractivity contribution in [2.45, 2.75) is 25.5 Å². The van der Waals surface area contributed by atoms with E-state index in [4.69, 9.17) is 4.74 Å². The van der Waals surface area contributed by atoms with Crippen molar-refractivity contribution in [2.75, 3.05) is 12.4 Å². The molecule has 0 fully saturated rings. The van der Waals surface area contributed by atoms with Gasteiger partial charge in [0.2, 0.25) is 0 Å². The van der Waals surface area contributed by atoms with E-state index in [1.54, 1.807) is 24.2 Å². The monoisotopic (exact) mass is 366 g/mol. The maximum atomic E-state index is 5.87. The molecule has 3 aromatic rings. The highest BCUT2D eigenvalue weighted by atomic mass is 32.2. The Morgan fingerprint density at radius 3 is 2.54 bits per heavy atom. The zero-order valence-electron chi connectivity index (χ0n) is 15.1. The van der Waals surface area contributed by atoms with Crippen LogP contribution in [0, 0.1) is 13.8 Å². The van der Waals surface area contributed by atoms with E-state index >= 15 is 0 Å². The van der Waals surface area contributed by atoms with Gasteiger partial charge in [0.05, 0.1) is 6.61 Å². The maximum absolute atomic E-state index is 5.87. The Kier molecular flexibility index (Phi) is 6.07. The maximum Gasteiger partial charge on any atom is 0.191 e. The van der Waals surface area contributed by atoms with Gasteiger partial charge in [0.25, 0.3) is 0 Å². The van der Waals surface area contributed by atoms with Crippen molar-refractivity contribution in [2.24, 2.45) is 0 Å². The highest BCUT2D eigenvalue weighted by Crippen LogP contribution is 2.24. The summed E-state index contributed by atoms with van der Waals surface area (Å²) >= 11 is 1.63. The topological polar surface area (TPSA) is 52.8 Å². The lowest BCUT2D eigenvalue weighted by molar-refractivity contribution is 0.343. The fraction of sp³-hybridized carbons (Fsp3) is 0.250. The second-order valence-electron chi connectivity index (χ2n) is 5.96. The van der Waals surface area contributed by atoms with Crippen molar-refractivity contribution < 1.29 is 4.74 Å². The minimum atomic E-state index is 0.610.